The number of carboxylic acid groups (broad SMARTS) is 1. The van der Waals surface area contributed by atoms with Gasteiger partial charge < -0.3 is 42.2 Å². The number of carbonyl (C=O) groups is 6. The lowest BCUT2D eigenvalue weighted by Gasteiger charge is -2.36. The number of piperazine rings is 1. The smallest absolute Gasteiger partial charge is 0.407 e. The lowest BCUT2D eigenvalue weighted by molar-refractivity contribution is -0.130. The largest absolute Gasteiger partial charge is 0.465 e. The minimum absolute atomic E-state index is 0.140. The summed E-state index contributed by atoms with van der Waals surface area (Å²) >= 11 is 3.44. The van der Waals surface area contributed by atoms with Gasteiger partial charge in [0.2, 0.25) is 23.6 Å². The number of nitrogens with one attached hydrogen (secondary N) is 7. The van der Waals surface area contributed by atoms with E-state index in [1.54, 1.807) is 41.3 Å². The van der Waals surface area contributed by atoms with Crippen LogP contribution in [0.1, 0.15) is 88.8 Å². The Balaban J connectivity index is 0.000000217. The number of nitrogens with two attached hydrogens (primary N) is 1. The van der Waals surface area contributed by atoms with Crippen molar-refractivity contribution in [3.05, 3.63) is 142 Å². The zero-order valence-corrected chi connectivity index (χ0v) is 52.5. The van der Waals surface area contributed by atoms with E-state index in [2.05, 4.69) is 125 Å². The highest BCUT2D eigenvalue weighted by atomic mass is 79.9. The molecule has 474 valence electrons. The van der Waals surface area contributed by atoms with Crippen LogP contribution in [0.5, 0.6) is 0 Å². The van der Waals surface area contributed by atoms with Crippen LogP contribution in [0, 0.1) is 23.7 Å². The molecule has 5 aromatic carbocycles. The maximum absolute atomic E-state index is 14.1. The van der Waals surface area contributed by atoms with Crippen molar-refractivity contribution in [2.75, 3.05) is 49.5 Å². The van der Waals surface area contributed by atoms with Crippen molar-refractivity contribution in [2.24, 2.45) is 29.4 Å². The third kappa shape index (κ3) is 19.0. The number of alkyl carbamates (subject to hydrolysis) is 1. The van der Waals surface area contributed by atoms with E-state index >= 15 is 0 Å². The van der Waals surface area contributed by atoms with Gasteiger partial charge >= 0.3 is 12.2 Å². The number of benzene rings is 5. The van der Waals surface area contributed by atoms with Crippen molar-refractivity contribution in [1.29, 1.82) is 0 Å². The molecule has 90 heavy (non-hydrogen) atoms. The fraction of sp³-hybridized carbons (Fsp3) is 0.415. The summed E-state index contributed by atoms with van der Waals surface area (Å²) in [6, 6.07) is 37.0. The Hall–Kier alpha value is -8.94. The van der Waals surface area contributed by atoms with Crippen LogP contribution in [0.15, 0.2) is 126 Å². The number of anilines is 2. The molecule has 2 aliphatic carbocycles. The summed E-state index contributed by atoms with van der Waals surface area (Å²) in [6.07, 6.45) is 4.73. The molecule has 3 fully saturated rings. The molecule has 1 saturated heterocycles. The van der Waals surface area contributed by atoms with Gasteiger partial charge in [0, 0.05) is 97.5 Å². The first-order chi connectivity index (χ1) is 43.4. The van der Waals surface area contributed by atoms with Crippen LogP contribution in [0.25, 0.3) is 33.9 Å². The van der Waals surface area contributed by atoms with Gasteiger partial charge in [-0.05, 0) is 193 Å². The molecule has 3 aliphatic rings. The lowest BCUT2D eigenvalue weighted by Crippen LogP contribution is -2.52. The van der Waals surface area contributed by atoms with Crippen molar-refractivity contribution >= 4 is 63.1 Å². The van der Waals surface area contributed by atoms with Gasteiger partial charge in [-0.25, -0.2) is 19.8 Å². The highest BCUT2D eigenvalue weighted by Gasteiger charge is 2.37. The molecule has 2 aromatic heterocycles. The second-order valence-corrected chi connectivity index (χ2v) is 25.1. The predicted molar refractivity (Wildman–Crippen MR) is 343 cm³/mol. The van der Waals surface area contributed by atoms with Gasteiger partial charge in [-0.2, -0.15) is 0 Å². The number of carbonyl (C=O) groups excluding carboxylic acids is 5. The van der Waals surface area contributed by atoms with Crippen molar-refractivity contribution in [2.45, 2.75) is 109 Å². The quantitative estimate of drug-likeness (QED) is 0.0328. The summed E-state index contributed by atoms with van der Waals surface area (Å²) < 4.78 is 6.25. The monoisotopic (exact) mass is 1290 g/mol. The molecule has 10 N–H and O–H groups in total. The number of rotatable bonds is 21. The Labute approximate surface area is 531 Å². The van der Waals surface area contributed by atoms with Crippen LogP contribution >= 0.6 is 15.9 Å². The first-order valence-corrected chi connectivity index (χ1v) is 31.4. The molecule has 3 heterocycles. The Kier molecular flexibility index (Phi) is 22.9. The average Bonchev–Trinajstić information content (AvgIpc) is 3.72. The second kappa shape index (κ2) is 31.5. The molecule has 7 aromatic rings. The summed E-state index contributed by atoms with van der Waals surface area (Å²) in [7, 11) is 0. The van der Waals surface area contributed by atoms with E-state index in [-0.39, 0.29) is 47.8 Å². The minimum atomic E-state index is -1.04. The Morgan fingerprint density at radius 3 is 1.80 bits per heavy atom. The van der Waals surface area contributed by atoms with Gasteiger partial charge in [-0.15, -0.1) is 10.2 Å². The van der Waals surface area contributed by atoms with Crippen molar-refractivity contribution in [1.82, 2.24) is 67.4 Å². The molecule has 6 amide bonds. The van der Waals surface area contributed by atoms with E-state index in [0.717, 1.165) is 90.7 Å². The number of hydrogen-bond acceptors (Lipinski definition) is 15. The predicted octanol–water partition coefficient (Wildman–Crippen LogP) is 8.07. The van der Waals surface area contributed by atoms with Crippen LogP contribution in [0.3, 0.4) is 0 Å². The molecule has 10 rings (SSSR count). The summed E-state index contributed by atoms with van der Waals surface area (Å²) in [4.78, 5) is 81.2. The summed E-state index contributed by atoms with van der Waals surface area (Å²) in [5.74, 6) is -0.249. The number of aromatic nitrogens is 8. The van der Waals surface area contributed by atoms with Crippen LogP contribution in [0.4, 0.5) is 21.0 Å². The van der Waals surface area contributed by atoms with E-state index in [1.807, 2.05) is 69.3 Å². The summed E-state index contributed by atoms with van der Waals surface area (Å²) in [5, 5.41) is 51.4. The molecular weight excluding hydrogens is 1210 g/mol. The van der Waals surface area contributed by atoms with Crippen LogP contribution in [0.2, 0.25) is 0 Å². The van der Waals surface area contributed by atoms with Gasteiger partial charge in [0.15, 0.2) is 11.6 Å². The fourth-order valence-electron chi connectivity index (χ4n) is 11.7. The van der Waals surface area contributed by atoms with Crippen molar-refractivity contribution in [3.63, 3.8) is 0 Å². The van der Waals surface area contributed by atoms with E-state index in [4.69, 9.17) is 15.6 Å². The van der Waals surface area contributed by atoms with Crippen LogP contribution < -0.4 is 37.2 Å². The van der Waals surface area contributed by atoms with Gasteiger partial charge in [-0.1, -0.05) is 76.6 Å². The van der Waals surface area contributed by atoms with Crippen LogP contribution in [-0.4, -0.2) is 144 Å². The van der Waals surface area contributed by atoms with Gasteiger partial charge in [0.05, 0.1) is 0 Å². The first kappa shape index (κ1) is 65.5. The van der Waals surface area contributed by atoms with E-state index in [1.165, 1.54) is 11.1 Å². The molecule has 2 atom stereocenters. The number of ether oxygens (including phenoxy) is 1. The molecule has 25 heteroatoms. The molecule has 1 aliphatic heterocycles. The summed E-state index contributed by atoms with van der Waals surface area (Å²) in [5.41, 5.74) is 13.4. The molecule has 0 radical (unpaired) electrons. The van der Waals surface area contributed by atoms with Gasteiger partial charge in [-0.3, -0.25) is 29.0 Å². The number of H-pyrrole nitrogens is 2. The van der Waals surface area contributed by atoms with Crippen LogP contribution in [-0.2, 0) is 43.3 Å². The summed E-state index contributed by atoms with van der Waals surface area (Å²) in [6.45, 7) is 11.3. The Bertz CT molecular complexity index is 3460. The molecular formula is C65H79BrN16O8. The minimum Gasteiger partial charge on any atom is -0.465 e. The normalized spacial score (nSPS) is 18.3. The standard InChI is InChI=1S/C36H43N9O4.C29H36BrN7O4/c46-34(28-11-7-25(8-12-28)22-38-36(48)49)40-32(35(47)39-30-15-13-27(14-16-30)33-41-43-44-42-33)21-24-5-9-26(10-6-24)31-4-2-1-3-29(31)23-45-19-17-37-18-20-45;1-29(2,3)41-28(40)32-17-19-4-8-21(9-5-19)27(39)37(23-14-10-20(11-15-23)26-33-35-36-34-26)24(25(31)38)16-18-6-12-22(30)13-7-18/h1-6,9-10,13-16,25,28,32,37-38H,7-8,11-12,17-23H2,(H,39,47)(H,40,46)(H,48,49)(H,41,42,43,44);6-7,10-15,19,21,24H,4-5,8-9,16-17H2,1-3H3,(H2,31,38)(H,32,40)(H,33,34,35,36)/t25-,28-,32-;19-,21-,24-/m00/s1. The van der Waals surface area contributed by atoms with Gasteiger partial charge in [0.1, 0.15) is 17.7 Å². The number of nitrogens with zero attached hydrogens (tertiary/aromatic N) is 8. The lowest BCUT2D eigenvalue weighted by atomic mass is 9.81. The number of halogens is 1. The van der Waals surface area contributed by atoms with Gasteiger partial charge in [0.25, 0.3) is 0 Å². The molecule has 24 nitrogen and oxygen atoms in total. The highest BCUT2D eigenvalue weighted by molar-refractivity contribution is 9.10. The third-order valence-corrected chi connectivity index (χ3v) is 17.1. The fourth-order valence-corrected chi connectivity index (χ4v) is 12.0. The molecule has 0 bridgehead atoms. The van der Waals surface area contributed by atoms with E-state index < -0.39 is 35.8 Å². The Morgan fingerprint density at radius 1 is 0.689 bits per heavy atom. The van der Waals surface area contributed by atoms with E-state index in [0.29, 0.717) is 68.2 Å². The molecule has 0 spiro atoms. The maximum atomic E-state index is 14.1. The molecule has 0 unspecified atom stereocenters. The number of tetrazole rings is 2. The number of amides is 6. The zero-order chi connectivity index (χ0) is 63.6. The van der Waals surface area contributed by atoms with Crippen molar-refractivity contribution < 1.29 is 38.6 Å². The highest BCUT2D eigenvalue weighted by Crippen LogP contribution is 2.34. The van der Waals surface area contributed by atoms with Crippen molar-refractivity contribution in [3.8, 4) is 33.9 Å². The zero-order valence-electron chi connectivity index (χ0n) is 50.9. The third-order valence-electron chi connectivity index (χ3n) is 16.6. The molecule has 2 saturated carbocycles. The number of aromatic amines is 2. The topological polar surface area (TPSA) is 333 Å². The average molecular weight is 1290 g/mol. The van der Waals surface area contributed by atoms with E-state index in [9.17, 15) is 28.8 Å². The maximum Gasteiger partial charge on any atom is 0.407 e. The number of primary amides is 1. The number of hydrogen-bond donors (Lipinski definition) is 9. The second-order valence-electron chi connectivity index (χ2n) is 24.2. The Morgan fingerprint density at radius 2 is 1.23 bits per heavy atom. The first-order valence-electron chi connectivity index (χ1n) is 30.6. The SMILES string of the molecule is CC(C)(C)OC(=O)NC[C@H]1CC[C@H](C(=O)N(c2ccc(-c3nnn[nH]3)cc2)[C@@H](Cc2ccc(Br)cc2)C(N)=O)CC1.O=C(O)NC[C@H]1CC[C@H](C(=O)N[C@@H](Cc2ccc(-c3ccccc3CN3CCNCC3)cc2)C(=O)Nc2ccc(-c3nnn[nH]3)cc2)CC1.